The van der Waals surface area contributed by atoms with E-state index in [1.54, 1.807) is 37.4 Å². The molecule has 1 amide bonds. The van der Waals surface area contributed by atoms with Crippen LogP contribution in [0.4, 0.5) is 5.69 Å². The number of anilines is 1. The van der Waals surface area contributed by atoms with Gasteiger partial charge in [0, 0.05) is 44.2 Å². The second-order valence-electron chi connectivity index (χ2n) is 10.9. The lowest BCUT2D eigenvalue weighted by Crippen LogP contribution is -2.39. The normalized spacial score (nSPS) is 16.5. The van der Waals surface area contributed by atoms with Crippen LogP contribution in [0.1, 0.15) is 45.8 Å². The number of benzene rings is 3. The Labute approximate surface area is 247 Å². The molecule has 11 heteroatoms. The van der Waals surface area contributed by atoms with Crippen LogP contribution in [0.3, 0.4) is 0 Å². The van der Waals surface area contributed by atoms with Crippen molar-refractivity contribution < 1.29 is 26.0 Å². The van der Waals surface area contributed by atoms with Crippen molar-refractivity contribution in [1.29, 1.82) is 0 Å². The van der Waals surface area contributed by atoms with Gasteiger partial charge in [-0.2, -0.15) is 4.31 Å². The Balaban J connectivity index is 1.68. The number of fused-ring (bicyclic) bond motifs is 1. The fourth-order valence-electron chi connectivity index (χ4n) is 5.53. The molecule has 1 aliphatic rings. The topological polar surface area (TPSA) is 117 Å². The fourth-order valence-corrected chi connectivity index (χ4v) is 7.67. The lowest BCUT2D eigenvalue weighted by molar-refractivity contribution is 0.0964. The van der Waals surface area contributed by atoms with Gasteiger partial charge in [0.05, 0.1) is 22.4 Å². The highest BCUT2D eigenvalue weighted by molar-refractivity contribution is 7.92. The van der Waals surface area contributed by atoms with Gasteiger partial charge in [0.2, 0.25) is 20.0 Å². The summed E-state index contributed by atoms with van der Waals surface area (Å²) in [5.74, 6) is -0.286. The van der Waals surface area contributed by atoms with E-state index in [2.05, 4.69) is 5.32 Å². The molecule has 1 aromatic heterocycles. The molecule has 0 saturated carbocycles. The zero-order valence-corrected chi connectivity index (χ0v) is 26.0. The maximum absolute atomic E-state index is 13.6. The van der Waals surface area contributed by atoms with E-state index in [9.17, 15) is 21.6 Å². The molecule has 4 aromatic rings. The van der Waals surface area contributed by atoms with Crippen molar-refractivity contribution in [2.45, 2.75) is 37.5 Å². The lowest BCUT2D eigenvalue weighted by atomic mass is 9.89. The Bertz CT molecular complexity index is 1880. The van der Waals surface area contributed by atoms with Crippen molar-refractivity contribution in [3.63, 3.8) is 0 Å². The van der Waals surface area contributed by atoms with Gasteiger partial charge in [-0.1, -0.05) is 42.0 Å². The summed E-state index contributed by atoms with van der Waals surface area (Å²) in [6, 6.07) is 17.9. The number of piperidine rings is 1. The average Bonchev–Trinajstić information content (AvgIpc) is 3.34. The van der Waals surface area contributed by atoms with Crippen LogP contribution in [-0.2, 0) is 20.0 Å². The number of aryl methyl sites for hydroxylation is 2. The Morgan fingerprint density at radius 2 is 1.71 bits per heavy atom. The third-order valence-electron chi connectivity index (χ3n) is 7.89. The standard InChI is InChI=1S/C31H35N3O6S2/c1-20-11-13-22(14-12-20)30-29(31(35)32-3)26-17-25(27(18-28(26)40-30)33(4)41(5,36)37)23-9-7-15-34(19-23)42(38,39)24-10-6-8-21(2)16-24/h6,8,10-14,16-18,23H,7,9,15,19H2,1-5H3,(H,32,35)/t23-/m0/s1. The van der Waals surface area contributed by atoms with Gasteiger partial charge in [0.15, 0.2) is 0 Å². The van der Waals surface area contributed by atoms with Gasteiger partial charge in [-0.05, 0) is 61.9 Å². The van der Waals surface area contributed by atoms with Crippen LogP contribution in [0.2, 0.25) is 0 Å². The fraction of sp³-hybridized carbons (Fsp3) is 0.323. The Hall–Kier alpha value is -3.67. The number of sulfonamides is 2. The van der Waals surface area contributed by atoms with Crippen LogP contribution in [0.25, 0.3) is 22.3 Å². The van der Waals surface area contributed by atoms with Crippen molar-refractivity contribution >= 4 is 42.6 Å². The van der Waals surface area contributed by atoms with Crippen molar-refractivity contribution in [3.8, 4) is 11.3 Å². The van der Waals surface area contributed by atoms with Crippen LogP contribution < -0.4 is 9.62 Å². The first-order chi connectivity index (χ1) is 19.8. The Kier molecular flexibility index (Phi) is 7.95. The first-order valence-electron chi connectivity index (χ1n) is 13.7. The smallest absolute Gasteiger partial charge is 0.255 e. The van der Waals surface area contributed by atoms with Gasteiger partial charge in [0.1, 0.15) is 11.3 Å². The predicted molar refractivity (Wildman–Crippen MR) is 165 cm³/mol. The highest BCUT2D eigenvalue weighted by Crippen LogP contribution is 2.42. The quantitative estimate of drug-likeness (QED) is 0.314. The molecular weight excluding hydrogens is 574 g/mol. The predicted octanol–water partition coefficient (Wildman–Crippen LogP) is 5.04. The molecule has 9 nitrogen and oxygen atoms in total. The highest BCUT2D eigenvalue weighted by Gasteiger charge is 2.34. The van der Waals surface area contributed by atoms with Crippen LogP contribution in [0, 0.1) is 13.8 Å². The minimum Gasteiger partial charge on any atom is -0.455 e. The molecule has 0 aliphatic carbocycles. The summed E-state index contributed by atoms with van der Waals surface area (Å²) in [6.07, 6.45) is 2.36. The number of hydrogen-bond donors (Lipinski definition) is 1. The molecule has 2 heterocycles. The molecule has 1 atom stereocenters. The molecule has 0 unspecified atom stereocenters. The van der Waals surface area contributed by atoms with E-state index >= 15 is 0 Å². The summed E-state index contributed by atoms with van der Waals surface area (Å²) in [5, 5.41) is 3.23. The molecule has 1 fully saturated rings. The highest BCUT2D eigenvalue weighted by atomic mass is 32.2. The number of amides is 1. The first-order valence-corrected chi connectivity index (χ1v) is 17.0. The van der Waals surface area contributed by atoms with E-state index < -0.39 is 20.0 Å². The minimum atomic E-state index is -3.77. The molecule has 1 saturated heterocycles. The summed E-state index contributed by atoms with van der Waals surface area (Å²) >= 11 is 0. The summed E-state index contributed by atoms with van der Waals surface area (Å²) in [5.41, 5.74) is 4.34. The SMILES string of the molecule is CNC(=O)c1c(-c2ccc(C)cc2)oc2cc(N(C)S(C)(=O)=O)c([C@H]3CCCN(S(=O)(=O)c4cccc(C)c4)C3)cc12. The minimum absolute atomic E-state index is 0.171. The van der Waals surface area contributed by atoms with Crippen LogP contribution in [0.15, 0.2) is 70.0 Å². The van der Waals surface area contributed by atoms with Gasteiger partial charge in [-0.25, -0.2) is 16.8 Å². The zero-order valence-electron chi connectivity index (χ0n) is 24.3. The second kappa shape index (κ2) is 11.2. The monoisotopic (exact) mass is 609 g/mol. The second-order valence-corrected chi connectivity index (χ2v) is 14.9. The van der Waals surface area contributed by atoms with Crippen molar-refractivity contribution in [3.05, 3.63) is 82.9 Å². The van der Waals surface area contributed by atoms with Gasteiger partial charge < -0.3 is 9.73 Å². The number of furan rings is 1. The average molecular weight is 610 g/mol. The molecule has 1 aliphatic heterocycles. The van der Waals surface area contributed by atoms with Crippen molar-refractivity contribution in [2.24, 2.45) is 0 Å². The Morgan fingerprint density at radius 3 is 2.36 bits per heavy atom. The van der Waals surface area contributed by atoms with E-state index in [0.29, 0.717) is 58.5 Å². The molecule has 222 valence electrons. The molecular formula is C31H35N3O6S2. The Morgan fingerprint density at radius 1 is 1.00 bits per heavy atom. The molecule has 0 spiro atoms. The molecule has 42 heavy (non-hydrogen) atoms. The molecule has 1 N–H and O–H groups in total. The number of rotatable bonds is 7. The number of carbonyl (C=O) groups is 1. The molecule has 3 aromatic carbocycles. The number of hydrogen-bond acceptors (Lipinski definition) is 6. The summed E-state index contributed by atoms with van der Waals surface area (Å²) in [4.78, 5) is 13.4. The van der Waals surface area contributed by atoms with E-state index in [1.807, 2.05) is 44.2 Å². The van der Waals surface area contributed by atoms with Gasteiger partial charge in [-0.3, -0.25) is 9.10 Å². The molecule has 0 bridgehead atoms. The third-order valence-corrected chi connectivity index (χ3v) is 10.9. The zero-order chi connectivity index (χ0) is 30.4. The van der Waals surface area contributed by atoms with Gasteiger partial charge in [0.25, 0.3) is 5.91 Å². The van der Waals surface area contributed by atoms with E-state index in [1.165, 1.54) is 15.7 Å². The van der Waals surface area contributed by atoms with E-state index in [0.717, 1.165) is 17.4 Å². The van der Waals surface area contributed by atoms with Crippen molar-refractivity contribution in [2.75, 3.05) is 37.7 Å². The molecule has 0 radical (unpaired) electrons. The van der Waals surface area contributed by atoms with Gasteiger partial charge >= 0.3 is 0 Å². The van der Waals surface area contributed by atoms with Crippen LogP contribution in [-0.4, -0.2) is 60.5 Å². The van der Waals surface area contributed by atoms with Gasteiger partial charge in [-0.15, -0.1) is 0 Å². The summed E-state index contributed by atoms with van der Waals surface area (Å²) < 4.78 is 61.6. The van der Waals surface area contributed by atoms with Crippen LogP contribution >= 0.6 is 0 Å². The largest absolute Gasteiger partial charge is 0.455 e. The van der Waals surface area contributed by atoms with E-state index in [4.69, 9.17) is 4.42 Å². The first kappa shape index (κ1) is 29.8. The van der Waals surface area contributed by atoms with E-state index in [-0.39, 0.29) is 23.3 Å². The lowest BCUT2D eigenvalue weighted by Gasteiger charge is -2.34. The summed E-state index contributed by atoms with van der Waals surface area (Å²) in [6.45, 7) is 4.35. The number of nitrogens with one attached hydrogen (secondary N) is 1. The number of nitrogens with zero attached hydrogens (tertiary/aromatic N) is 2. The maximum Gasteiger partial charge on any atom is 0.255 e. The molecule has 5 rings (SSSR count). The van der Waals surface area contributed by atoms with Crippen LogP contribution in [0.5, 0.6) is 0 Å². The third kappa shape index (κ3) is 5.56. The number of carbonyl (C=O) groups excluding carboxylic acids is 1. The maximum atomic E-state index is 13.6. The van der Waals surface area contributed by atoms with Crippen molar-refractivity contribution in [1.82, 2.24) is 9.62 Å². The summed E-state index contributed by atoms with van der Waals surface area (Å²) in [7, 11) is -4.44.